The quantitative estimate of drug-likeness (QED) is 0.791. The molecule has 5 heteroatoms. The van der Waals surface area contributed by atoms with Crippen molar-refractivity contribution in [2.75, 3.05) is 24.7 Å². The van der Waals surface area contributed by atoms with Crippen LogP contribution < -0.4 is 5.32 Å². The number of benzene rings is 2. The van der Waals surface area contributed by atoms with E-state index in [-0.39, 0.29) is 17.7 Å². The summed E-state index contributed by atoms with van der Waals surface area (Å²) in [4.78, 5) is 28.6. The number of aryl methyl sites for hydroxylation is 2. The van der Waals surface area contributed by atoms with E-state index in [0.29, 0.717) is 18.7 Å². The van der Waals surface area contributed by atoms with Gasteiger partial charge in [-0.2, -0.15) is 0 Å². The SMILES string of the molecule is CSc1cccc(NC(=O)[C@H]2CCCN(C(=O)c3cc(C)cc(C)c3)C2)c1. The van der Waals surface area contributed by atoms with Crippen molar-refractivity contribution in [2.45, 2.75) is 31.6 Å². The van der Waals surface area contributed by atoms with Crippen LogP contribution in [0.15, 0.2) is 47.4 Å². The van der Waals surface area contributed by atoms with E-state index in [1.807, 2.05) is 61.4 Å². The minimum atomic E-state index is -0.174. The van der Waals surface area contributed by atoms with Crippen LogP contribution in [0.2, 0.25) is 0 Å². The third kappa shape index (κ3) is 4.92. The molecule has 2 amide bonds. The zero-order chi connectivity index (χ0) is 19.4. The number of amides is 2. The fourth-order valence-electron chi connectivity index (χ4n) is 3.60. The number of nitrogens with zero attached hydrogens (tertiary/aromatic N) is 1. The molecule has 1 aliphatic rings. The summed E-state index contributed by atoms with van der Waals surface area (Å²) in [6, 6.07) is 13.7. The molecule has 0 spiro atoms. The van der Waals surface area contributed by atoms with Gasteiger partial charge in [-0.25, -0.2) is 0 Å². The van der Waals surface area contributed by atoms with Crippen LogP contribution in [0, 0.1) is 19.8 Å². The highest BCUT2D eigenvalue weighted by Crippen LogP contribution is 2.23. The molecular formula is C22H26N2O2S. The van der Waals surface area contributed by atoms with Gasteiger partial charge in [-0.05, 0) is 63.3 Å². The van der Waals surface area contributed by atoms with Crippen molar-refractivity contribution in [1.82, 2.24) is 4.90 Å². The van der Waals surface area contributed by atoms with Crippen LogP contribution in [0.1, 0.15) is 34.3 Å². The summed E-state index contributed by atoms with van der Waals surface area (Å²) in [5.41, 5.74) is 3.68. The molecule has 0 unspecified atom stereocenters. The van der Waals surface area contributed by atoms with Crippen LogP contribution in [0.3, 0.4) is 0 Å². The second-order valence-corrected chi connectivity index (χ2v) is 8.07. The van der Waals surface area contributed by atoms with Gasteiger partial charge in [0, 0.05) is 29.2 Å². The molecule has 0 radical (unpaired) electrons. The Kier molecular flexibility index (Phi) is 6.22. The first-order valence-corrected chi connectivity index (χ1v) is 10.5. The van der Waals surface area contributed by atoms with Gasteiger partial charge in [0.25, 0.3) is 5.91 Å². The normalized spacial score (nSPS) is 16.9. The predicted molar refractivity (Wildman–Crippen MR) is 111 cm³/mol. The fourth-order valence-corrected chi connectivity index (χ4v) is 4.06. The lowest BCUT2D eigenvalue weighted by molar-refractivity contribution is -0.121. The van der Waals surface area contributed by atoms with Crippen molar-refractivity contribution in [3.63, 3.8) is 0 Å². The largest absolute Gasteiger partial charge is 0.338 e. The van der Waals surface area contributed by atoms with Crippen molar-refractivity contribution in [3.05, 3.63) is 59.2 Å². The van der Waals surface area contributed by atoms with Crippen LogP contribution in [0.5, 0.6) is 0 Å². The number of likely N-dealkylation sites (tertiary alicyclic amines) is 1. The summed E-state index contributed by atoms with van der Waals surface area (Å²) >= 11 is 1.65. The second-order valence-electron chi connectivity index (χ2n) is 7.19. The van der Waals surface area contributed by atoms with E-state index in [0.717, 1.165) is 34.6 Å². The molecule has 1 heterocycles. The van der Waals surface area contributed by atoms with Crippen LogP contribution >= 0.6 is 11.8 Å². The van der Waals surface area contributed by atoms with E-state index in [2.05, 4.69) is 11.4 Å². The minimum absolute atomic E-state index is 0.00817. The first kappa shape index (κ1) is 19.5. The number of nitrogens with one attached hydrogen (secondary N) is 1. The number of hydrogen-bond donors (Lipinski definition) is 1. The molecule has 2 aromatic rings. The molecular weight excluding hydrogens is 356 g/mol. The smallest absolute Gasteiger partial charge is 0.253 e. The van der Waals surface area contributed by atoms with Crippen LogP contribution in [0.25, 0.3) is 0 Å². The molecule has 1 aliphatic heterocycles. The standard InChI is InChI=1S/C22H26N2O2S/c1-15-10-16(2)12-18(11-15)22(26)24-9-5-6-17(14-24)21(25)23-19-7-4-8-20(13-19)27-3/h4,7-8,10-13,17H,5-6,9,14H2,1-3H3,(H,23,25)/t17-/m0/s1. The average molecular weight is 383 g/mol. The molecule has 1 fully saturated rings. The maximum atomic E-state index is 12.9. The molecule has 1 atom stereocenters. The van der Waals surface area contributed by atoms with Crippen molar-refractivity contribution in [2.24, 2.45) is 5.92 Å². The van der Waals surface area contributed by atoms with Crippen molar-refractivity contribution >= 4 is 29.3 Å². The zero-order valence-corrected chi connectivity index (χ0v) is 16.9. The lowest BCUT2D eigenvalue weighted by Gasteiger charge is -2.32. The van der Waals surface area contributed by atoms with Gasteiger partial charge < -0.3 is 10.2 Å². The van der Waals surface area contributed by atoms with Gasteiger partial charge in [-0.3, -0.25) is 9.59 Å². The van der Waals surface area contributed by atoms with Gasteiger partial charge in [-0.1, -0.05) is 23.3 Å². The fraction of sp³-hybridized carbons (Fsp3) is 0.364. The summed E-state index contributed by atoms with van der Waals surface area (Å²) in [6.45, 7) is 5.18. The highest BCUT2D eigenvalue weighted by atomic mass is 32.2. The first-order chi connectivity index (χ1) is 13.0. The number of piperidine rings is 1. The number of anilines is 1. The van der Waals surface area contributed by atoms with E-state index in [9.17, 15) is 9.59 Å². The third-order valence-electron chi connectivity index (χ3n) is 4.89. The monoisotopic (exact) mass is 382 g/mol. The van der Waals surface area contributed by atoms with Crippen LogP contribution in [-0.2, 0) is 4.79 Å². The summed E-state index contributed by atoms with van der Waals surface area (Å²) in [5, 5.41) is 3.01. The summed E-state index contributed by atoms with van der Waals surface area (Å²) in [5.74, 6) is -0.165. The van der Waals surface area contributed by atoms with E-state index >= 15 is 0 Å². The Balaban J connectivity index is 1.67. The highest BCUT2D eigenvalue weighted by Gasteiger charge is 2.29. The Bertz CT molecular complexity index is 830. The Morgan fingerprint density at radius 3 is 2.56 bits per heavy atom. The Hall–Kier alpha value is -2.27. The molecule has 0 saturated carbocycles. The van der Waals surface area contributed by atoms with Gasteiger partial charge in [0.1, 0.15) is 0 Å². The van der Waals surface area contributed by atoms with Gasteiger partial charge in [0.05, 0.1) is 5.92 Å². The lowest BCUT2D eigenvalue weighted by atomic mass is 9.96. The molecule has 4 nitrogen and oxygen atoms in total. The molecule has 1 saturated heterocycles. The molecule has 1 N–H and O–H groups in total. The van der Waals surface area contributed by atoms with Crippen molar-refractivity contribution in [1.29, 1.82) is 0 Å². The lowest BCUT2D eigenvalue weighted by Crippen LogP contribution is -2.43. The Morgan fingerprint density at radius 2 is 1.85 bits per heavy atom. The maximum Gasteiger partial charge on any atom is 0.253 e. The van der Waals surface area contributed by atoms with Crippen molar-refractivity contribution < 1.29 is 9.59 Å². The number of hydrogen-bond acceptors (Lipinski definition) is 3. The number of rotatable bonds is 4. The molecule has 3 rings (SSSR count). The summed E-state index contributed by atoms with van der Waals surface area (Å²) < 4.78 is 0. The summed E-state index contributed by atoms with van der Waals surface area (Å²) in [6.07, 6.45) is 3.67. The van der Waals surface area contributed by atoms with Crippen LogP contribution in [-0.4, -0.2) is 36.1 Å². The summed E-state index contributed by atoms with van der Waals surface area (Å²) in [7, 11) is 0. The first-order valence-electron chi connectivity index (χ1n) is 9.29. The number of carbonyl (C=O) groups excluding carboxylic acids is 2. The molecule has 0 aliphatic carbocycles. The highest BCUT2D eigenvalue weighted by molar-refractivity contribution is 7.98. The Labute approximate surface area is 165 Å². The minimum Gasteiger partial charge on any atom is -0.338 e. The van der Waals surface area contributed by atoms with Gasteiger partial charge >= 0.3 is 0 Å². The zero-order valence-electron chi connectivity index (χ0n) is 16.1. The molecule has 2 aromatic carbocycles. The van der Waals surface area contributed by atoms with Gasteiger partial charge in [0.15, 0.2) is 0 Å². The van der Waals surface area contributed by atoms with Gasteiger partial charge in [-0.15, -0.1) is 11.8 Å². The Morgan fingerprint density at radius 1 is 1.11 bits per heavy atom. The second kappa shape index (κ2) is 8.61. The van der Waals surface area contributed by atoms with E-state index < -0.39 is 0 Å². The van der Waals surface area contributed by atoms with E-state index in [4.69, 9.17) is 0 Å². The van der Waals surface area contributed by atoms with E-state index in [1.165, 1.54) is 0 Å². The third-order valence-corrected chi connectivity index (χ3v) is 5.61. The number of thioether (sulfide) groups is 1. The maximum absolute atomic E-state index is 12.9. The van der Waals surface area contributed by atoms with Crippen LogP contribution in [0.4, 0.5) is 5.69 Å². The predicted octanol–water partition coefficient (Wildman–Crippen LogP) is 4.52. The average Bonchev–Trinajstić information content (AvgIpc) is 2.67. The van der Waals surface area contributed by atoms with Gasteiger partial charge in [0.2, 0.25) is 5.91 Å². The van der Waals surface area contributed by atoms with Crippen molar-refractivity contribution in [3.8, 4) is 0 Å². The van der Waals surface area contributed by atoms with E-state index in [1.54, 1.807) is 11.8 Å². The molecule has 142 valence electrons. The number of carbonyl (C=O) groups is 2. The molecule has 0 aromatic heterocycles. The molecule has 0 bridgehead atoms. The topological polar surface area (TPSA) is 49.4 Å². The molecule has 27 heavy (non-hydrogen) atoms.